The fourth-order valence-corrected chi connectivity index (χ4v) is 5.70. The molecular formula is C26H25IN2O3S. The molecule has 0 spiro atoms. The summed E-state index contributed by atoms with van der Waals surface area (Å²) in [4.78, 5) is 19.4. The molecule has 1 amide bonds. The topological polar surface area (TPSA) is 59.9 Å². The van der Waals surface area contributed by atoms with Crippen LogP contribution in [-0.2, 0) is 12.8 Å². The van der Waals surface area contributed by atoms with Crippen LogP contribution < -0.4 is 14.8 Å². The van der Waals surface area contributed by atoms with Crippen molar-refractivity contribution >= 4 is 56.7 Å². The second-order valence-corrected chi connectivity index (χ2v) is 9.92. The molecule has 170 valence electrons. The van der Waals surface area contributed by atoms with Crippen molar-refractivity contribution in [3.05, 3.63) is 80.3 Å². The van der Waals surface area contributed by atoms with Crippen molar-refractivity contribution in [2.45, 2.75) is 25.7 Å². The number of amides is 1. The molecule has 0 saturated carbocycles. The van der Waals surface area contributed by atoms with Gasteiger partial charge in [0.2, 0.25) is 0 Å². The first kappa shape index (κ1) is 23.5. The molecule has 0 atom stereocenters. The summed E-state index contributed by atoms with van der Waals surface area (Å²) in [6.45, 7) is 4.09. The molecule has 0 bridgehead atoms. The number of hydrogen-bond donors (Lipinski definition) is 1. The summed E-state index contributed by atoms with van der Waals surface area (Å²) in [5, 5.41) is 3.76. The number of thiophene rings is 1. The van der Waals surface area contributed by atoms with Crippen LogP contribution in [0.4, 0.5) is 10.7 Å². The Morgan fingerprint density at radius 2 is 2.03 bits per heavy atom. The van der Waals surface area contributed by atoms with E-state index in [4.69, 9.17) is 14.5 Å². The van der Waals surface area contributed by atoms with E-state index in [-0.39, 0.29) is 5.91 Å². The molecule has 3 aromatic rings. The fourth-order valence-electron chi connectivity index (χ4n) is 3.85. The maximum Gasteiger partial charge on any atom is 0.259 e. The van der Waals surface area contributed by atoms with Crippen molar-refractivity contribution in [2.24, 2.45) is 4.99 Å². The zero-order valence-corrected chi connectivity index (χ0v) is 21.4. The van der Waals surface area contributed by atoms with Gasteiger partial charge in [0, 0.05) is 25.9 Å². The molecule has 1 N–H and O–H groups in total. The molecule has 4 rings (SSSR count). The van der Waals surface area contributed by atoms with Crippen molar-refractivity contribution < 1.29 is 14.3 Å². The number of hydrogen-bond acceptors (Lipinski definition) is 5. The highest BCUT2D eigenvalue weighted by atomic mass is 127. The lowest BCUT2D eigenvalue weighted by atomic mass is 9.95. The van der Waals surface area contributed by atoms with Crippen molar-refractivity contribution in [2.75, 3.05) is 19.0 Å². The average molecular weight is 572 g/mol. The molecule has 0 aliphatic heterocycles. The molecule has 1 heterocycles. The Morgan fingerprint density at radius 1 is 1.24 bits per heavy atom. The average Bonchev–Trinajstić information content (AvgIpc) is 3.20. The molecule has 1 aliphatic carbocycles. The number of rotatable bonds is 8. The summed E-state index contributed by atoms with van der Waals surface area (Å²) in [6, 6.07) is 13.4. The second-order valence-electron chi connectivity index (χ2n) is 7.60. The van der Waals surface area contributed by atoms with Crippen LogP contribution in [0, 0.1) is 3.57 Å². The zero-order chi connectivity index (χ0) is 23.2. The molecule has 0 fully saturated rings. The number of ether oxygens (including phenoxy) is 2. The third-order valence-electron chi connectivity index (χ3n) is 5.35. The first-order valence-electron chi connectivity index (χ1n) is 10.8. The van der Waals surface area contributed by atoms with Crippen molar-refractivity contribution in [1.29, 1.82) is 0 Å². The SMILES string of the molecule is C=CCOc1c(C=Nc2sc3c(c2C(=O)Nc2ccccc2)CCCC3)cc(I)cc1OC. The number of nitrogens with zero attached hydrogens (tertiary/aromatic N) is 1. The standard InChI is InChI=1S/C26H25IN2O3S/c1-3-13-32-24-17(14-18(27)15-21(24)31-2)16-28-26-23(20-11-7-8-12-22(20)33-26)25(30)29-19-9-5-4-6-10-19/h3-6,9-10,14-16H,1,7-8,11-13H2,2H3,(H,29,30). The molecule has 2 aromatic carbocycles. The van der Waals surface area contributed by atoms with E-state index < -0.39 is 0 Å². The number of aliphatic imine (C=N–C) groups is 1. The lowest BCUT2D eigenvalue weighted by molar-refractivity contribution is 0.102. The van der Waals surface area contributed by atoms with E-state index >= 15 is 0 Å². The molecular weight excluding hydrogens is 547 g/mol. The maximum absolute atomic E-state index is 13.3. The van der Waals surface area contributed by atoms with Crippen LogP contribution in [0.2, 0.25) is 0 Å². The van der Waals surface area contributed by atoms with Crippen LogP contribution in [0.3, 0.4) is 0 Å². The van der Waals surface area contributed by atoms with Gasteiger partial charge in [-0.1, -0.05) is 30.9 Å². The van der Waals surface area contributed by atoms with Gasteiger partial charge in [-0.3, -0.25) is 4.79 Å². The normalized spacial score (nSPS) is 12.9. The van der Waals surface area contributed by atoms with E-state index in [9.17, 15) is 4.79 Å². The Bertz CT molecular complexity index is 1190. The van der Waals surface area contributed by atoms with Gasteiger partial charge >= 0.3 is 0 Å². The minimum absolute atomic E-state index is 0.115. The summed E-state index contributed by atoms with van der Waals surface area (Å²) < 4.78 is 12.4. The fraction of sp³-hybridized carbons (Fsp3) is 0.231. The van der Waals surface area contributed by atoms with E-state index in [1.807, 2.05) is 42.5 Å². The first-order valence-corrected chi connectivity index (χ1v) is 12.7. The van der Waals surface area contributed by atoms with Crippen LogP contribution in [-0.4, -0.2) is 25.8 Å². The smallest absolute Gasteiger partial charge is 0.259 e. The number of aryl methyl sites for hydroxylation is 1. The minimum atomic E-state index is -0.115. The lowest BCUT2D eigenvalue weighted by Crippen LogP contribution is -2.14. The van der Waals surface area contributed by atoms with Crippen molar-refractivity contribution in [3.63, 3.8) is 0 Å². The van der Waals surface area contributed by atoms with Crippen molar-refractivity contribution in [3.8, 4) is 11.5 Å². The number of anilines is 1. The molecule has 1 aliphatic rings. The molecule has 0 unspecified atom stereocenters. The number of para-hydroxylation sites is 1. The van der Waals surface area contributed by atoms with Gasteiger partial charge in [0.1, 0.15) is 11.6 Å². The van der Waals surface area contributed by atoms with E-state index in [0.29, 0.717) is 23.7 Å². The van der Waals surface area contributed by atoms with Gasteiger partial charge in [-0.25, -0.2) is 4.99 Å². The van der Waals surface area contributed by atoms with Crippen LogP contribution in [0.1, 0.15) is 39.2 Å². The molecule has 0 saturated heterocycles. The molecule has 7 heteroatoms. The van der Waals surface area contributed by atoms with Crippen LogP contribution in [0.25, 0.3) is 0 Å². The lowest BCUT2D eigenvalue weighted by Gasteiger charge is -2.13. The zero-order valence-electron chi connectivity index (χ0n) is 18.4. The molecule has 5 nitrogen and oxygen atoms in total. The summed E-state index contributed by atoms with van der Waals surface area (Å²) in [7, 11) is 1.62. The Balaban J connectivity index is 1.73. The maximum atomic E-state index is 13.3. The van der Waals surface area contributed by atoms with Gasteiger partial charge in [0.25, 0.3) is 5.91 Å². The quantitative estimate of drug-likeness (QED) is 0.183. The van der Waals surface area contributed by atoms with Crippen LogP contribution in [0.5, 0.6) is 11.5 Å². The first-order chi connectivity index (χ1) is 16.1. The van der Waals surface area contributed by atoms with Gasteiger partial charge in [-0.15, -0.1) is 11.3 Å². The Labute approximate surface area is 211 Å². The number of benzene rings is 2. The monoisotopic (exact) mass is 572 g/mol. The number of nitrogens with one attached hydrogen (secondary N) is 1. The van der Waals surface area contributed by atoms with Crippen LogP contribution in [0.15, 0.2) is 60.1 Å². The third-order valence-corrected chi connectivity index (χ3v) is 7.17. The summed E-state index contributed by atoms with van der Waals surface area (Å²) in [6.07, 6.45) is 7.59. The molecule has 33 heavy (non-hydrogen) atoms. The Morgan fingerprint density at radius 3 is 2.79 bits per heavy atom. The number of fused-ring (bicyclic) bond motifs is 1. The van der Waals surface area contributed by atoms with Crippen molar-refractivity contribution in [1.82, 2.24) is 0 Å². The Kier molecular flexibility index (Phi) is 7.82. The number of carbonyl (C=O) groups is 1. The van der Waals surface area contributed by atoms with E-state index in [2.05, 4.69) is 34.5 Å². The van der Waals surface area contributed by atoms with E-state index in [1.165, 1.54) is 4.88 Å². The van der Waals surface area contributed by atoms with E-state index in [0.717, 1.165) is 51.1 Å². The number of halogens is 1. The third kappa shape index (κ3) is 5.47. The van der Waals surface area contributed by atoms with Gasteiger partial charge < -0.3 is 14.8 Å². The minimum Gasteiger partial charge on any atom is -0.493 e. The highest BCUT2D eigenvalue weighted by molar-refractivity contribution is 14.1. The highest BCUT2D eigenvalue weighted by Crippen LogP contribution is 2.41. The van der Waals surface area contributed by atoms with Gasteiger partial charge in [0.05, 0.1) is 12.7 Å². The number of carbonyl (C=O) groups excluding carboxylic acids is 1. The second kappa shape index (κ2) is 11.0. The summed E-state index contributed by atoms with van der Waals surface area (Å²) in [5.74, 6) is 1.13. The Hall–Kier alpha value is -2.65. The predicted molar refractivity (Wildman–Crippen MR) is 144 cm³/mol. The number of methoxy groups -OCH3 is 1. The van der Waals surface area contributed by atoms with Gasteiger partial charge in [0.15, 0.2) is 11.5 Å². The molecule has 1 aromatic heterocycles. The predicted octanol–water partition coefficient (Wildman–Crippen LogP) is 6.81. The largest absolute Gasteiger partial charge is 0.493 e. The molecule has 0 radical (unpaired) electrons. The van der Waals surface area contributed by atoms with E-state index in [1.54, 1.807) is 30.7 Å². The summed E-state index contributed by atoms with van der Waals surface area (Å²) >= 11 is 3.85. The highest BCUT2D eigenvalue weighted by Gasteiger charge is 2.25. The van der Waals surface area contributed by atoms with Gasteiger partial charge in [-0.05, 0) is 78.1 Å². The summed E-state index contributed by atoms with van der Waals surface area (Å²) in [5.41, 5.74) is 3.38. The van der Waals surface area contributed by atoms with Crippen LogP contribution >= 0.6 is 33.9 Å². The van der Waals surface area contributed by atoms with Gasteiger partial charge in [-0.2, -0.15) is 0 Å².